The standard InChI is InChI=1S/C18H25N3O2/c1-4-5-6-7-8-17-20-9-10-21(17)16-11-13(2)14(12-15(16)19)18(22)23-3/h9-12H,4-8,19H2,1-3H3. The second kappa shape index (κ2) is 7.81. The molecule has 0 fully saturated rings. The number of nitrogens with zero attached hydrogens (tertiary/aromatic N) is 2. The van der Waals surface area contributed by atoms with Crippen molar-refractivity contribution in [2.45, 2.75) is 46.0 Å². The summed E-state index contributed by atoms with van der Waals surface area (Å²) in [5, 5.41) is 0. The Balaban J connectivity index is 2.27. The first-order valence-corrected chi connectivity index (χ1v) is 8.09. The van der Waals surface area contributed by atoms with E-state index in [1.807, 2.05) is 23.8 Å². The smallest absolute Gasteiger partial charge is 0.338 e. The van der Waals surface area contributed by atoms with Crippen LogP contribution in [0.4, 0.5) is 5.69 Å². The number of hydrogen-bond donors (Lipinski definition) is 1. The molecule has 0 atom stereocenters. The van der Waals surface area contributed by atoms with E-state index in [0.717, 1.165) is 29.9 Å². The number of unbranched alkanes of at least 4 members (excludes halogenated alkanes) is 3. The summed E-state index contributed by atoms with van der Waals surface area (Å²) >= 11 is 0. The molecule has 0 bridgehead atoms. The number of ether oxygens (including phenoxy) is 1. The van der Waals surface area contributed by atoms with Gasteiger partial charge in [-0.25, -0.2) is 9.78 Å². The lowest BCUT2D eigenvalue weighted by Gasteiger charge is -2.14. The van der Waals surface area contributed by atoms with Crippen LogP contribution in [0.2, 0.25) is 0 Å². The molecule has 1 aromatic heterocycles. The zero-order valence-electron chi connectivity index (χ0n) is 14.1. The number of aryl methyl sites for hydroxylation is 2. The number of nitrogen functional groups attached to an aromatic ring is 1. The SMILES string of the molecule is CCCCCCc1nccn1-c1cc(C)c(C(=O)OC)cc1N. The van der Waals surface area contributed by atoms with E-state index in [-0.39, 0.29) is 5.97 Å². The van der Waals surface area contributed by atoms with Gasteiger partial charge in [0.15, 0.2) is 0 Å². The molecule has 0 radical (unpaired) electrons. The summed E-state index contributed by atoms with van der Waals surface area (Å²) < 4.78 is 6.80. The van der Waals surface area contributed by atoms with Crippen LogP contribution in [0.1, 0.15) is 54.4 Å². The number of nitrogens with two attached hydrogens (primary N) is 1. The minimum Gasteiger partial charge on any atom is -0.465 e. The fourth-order valence-electron chi connectivity index (χ4n) is 2.70. The number of esters is 1. The highest BCUT2D eigenvalue weighted by atomic mass is 16.5. The van der Waals surface area contributed by atoms with Gasteiger partial charge in [0.25, 0.3) is 0 Å². The lowest BCUT2D eigenvalue weighted by molar-refractivity contribution is 0.0600. The van der Waals surface area contributed by atoms with Crippen molar-refractivity contribution >= 4 is 11.7 Å². The quantitative estimate of drug-likeness (QED) is 0.481. The third-order valence-electron chi connectivity index (χ3n) is 4.01. The Kier molecular flexibility index (Phi) is 5.79. The van der Waals surface area contributed by atoms with Crippen molar-refractivity contribution in [3.63, 3.8) is 0 Å². The molecule has 1 heterocycles. The van der Waals surface area contributed by atoms with Gasteiger partial charge in [-0.1, -0.05) is 26.2 Å². The first kappa shape index (κ1) is 17.1. The van der Waals surface area contributed by atoms with Gasteiger partial charge in [-0.05, 0) is 31.0 Å². The molecule has 5 heteroatoms. The molecule has 2 N–H and O–H groups in total. The molecule has 0 unspecified atom stereocenters. The molecule has 124 valence electrons. The number of aromatic nitrogens is 2. The van der Waals surface area contributed by atoms with Gasteiger partial charge >= 0.3 is 5.97 Å². The van der Waals surface area contributed by atoms with E-state index in [4.69, 9.17) is 10.5 Å². The summed E-state index contributed by atoms with van der Waals surface area (Å²) in [6.45, 7) is 4.08. The Bertz CT molecular complexity index is 677. The predicted molar refractivity (Wildman–Crippen MR) is 91.9 cm³/mol. The summed E-state index contributed by atoms with van der Waals surface area (Å²) in [5.74, 6) is 0.629. The van der Waals surface area contributed by atoms with Gasteiger partial charge in [-0.3, -0.25) is 0 Å². The minimum atomic E-state index is -0.369. The highest BCUT2D eigenvalue weighted by Gasteiger charge is 2.15. The number of anilines is 1. The van der Waals surface area contributed by atoms with Crippen LogP contribution in [-0.2, 0) is 11.2 Å². The van der Waals surface area contributed by atoms with Crippen molar-refractivity contribution in [1.82, 2.24) is 9.55 Å². The topological polar surface area (TPSA) is 70.1 Å². The molecule has 0 spiro atoms. The van der Waals surface area contributed by atoms with E-state index < -0.39 is 0 Å². The van der Waals surface area contributed by atoms with Gasteiger partial charge in [0, 0.05) is 18.8 Å². The Morgan fingerprint density at radius 1 is 1.30 bits per heavy atom. The summed E-state index contributed by atoms with van der Waals surface area (Å²) in [6.07, 6.45) is 9.41. The number of hydrogen-bond acceptors (Lipinski definition) is 4. The Morgan fingerprint density at radius 2 is 2.09 bits per heavy atom. The molecular formula is C18H25N3O2. The van der Waals surface area contributed by atoms with Crippen LogP contribution >= 0.6 is 0 Å². The van der Waals surface area contributed by atoms with Crippen molar-refractivity contribution in [2.24, 2.45) is 0 Å². The van der Waals surface area contributed by atoms with Gasteiger partial charge < -0.3 is 15.0 Å². The minimum absolute atomic E-state index is 0.369. The third kappa shape index (κ3) is 3.92. The van der Waals surface area contributed by atoms with Crippen LogP contribution in [0.3, 0.4) is 0 Å². The van der Waals surface area contributed by atoms with Crippen molar-refractivity contribution < 1.29 is 9.53 Å². The lowest BCUT2D eigenvalue weighted by atomic mass is 10.1. The van der Waals surface area contributed by atoms with Gasteiger partial charge in [0.1, 0.15) is 5.82 Å². The van der Waals surface area contributed by atoms with E-state index in [2.05, 4.69) is 11.9 Å². The Labute approximate surface area is 137 Å². The zero-order chi connectivity index (χ0) is 16.8. The fraction of sp³-hybridized carbons (Fsp3) is 0.444. The van der Waals surface area contributed by atoms with E-state index in [1.54, 1.807) is 12.3 Å². The molecule has 0 saturated carbocycles. The monoisotopic (exact) mass is 315 g/mol. The second-order valence-corrected chi connectivity index (χ2v) is 5.74. The van der Waals surface area contributed by atoms with E-state index in [9.17, 15) is 4.79 Å². The maximum Gasteiger partial charge on any atom is 0.338 e. The van der Waals surface area contributed by atoms with Gasteiger partial charge in [-0.15, -0.1) is 0 Å². The Hall–Kier alpha value is -2.30. The van der Waals surface area contributed by atoms with Crippen molar-refractivity contribution in [3.05, 3.63) is 41.5 Å². The van der Waals surface area contributed by atoms with Gasteiger partial charge in [0.05, 0.1) is 24.0 Å². The summed E-state index contributed by atoms with van der Waals surface area (Å²) in [5.41, 5.74) is 8.91. The van der Waals surface area contributed by atoms with E-state index in [0.29, 0.717) is 11.3 Å². The number of carbonyl (C=O) groups is 1. The number of rotatable bonds is 7. The van der Waals surface area contributed by atoms with Crippen LogP contribution in [0, 0.1) is 6.92 Å². The molecule has 0 saturated heterocycles. The normalized spacial score (nSPS) is 10.7. The number of benzene rings is 1. The molecule has 2 aromatic rings. The van der Waals surface area contributed by atoms with Crippen LogP contribution in [-0.4, -0.2) is 22.6 Å². The van der Waals surface area contributed by atoms with Crippen LogP contribution in [0.25, 0.3) is 5.69 Å². The average molecular weight is 315 g/mol. The van der Waals surface area contributed by atoms with Crippen molar-refractivity contribution in [3.8, 4) is 5.69 Å². The average Bonchev–Trinajstić information content (AvgIpc) is 3.01. The van der Waals surface area contributed by atoms with Gasteiger partial charge in [-0.2, -0.15) is 0 Å². The molecule has 0 amide bonds. The Morgan fingerprint density at radius 3 is 2.78 bits per heavy atom. The number of methoxy groups -OCH3 is 1. The van der Waals surface area contributed by atoms with Crippen molar-refractivity contribution in [1.29, 1.82) is 0 Å². The maximum absolute atomic E-state index is 11.8. The molecule has 1 aromatic carbocycles. The molecule has 2 rings (SSSR count). The van der Waals surface area contributed by atoms with Crippen LogP contribution in [0.5, 0.6) is 0 Å². The van der Waals surface area contributed by atoms with E-state index in [1.165, 1.54) is 26.4 Å². The third-order valence-corrected chi connectivity index (χ3v) is 4.01. The number of carbonyl (C=O) groups excluding carboxylic acids is 1. The highest BCUT2D eigenvalue weighted by molar-refractivity contribution is 5.93. The van der Waals surface area contributed by atoms with Crippen LogP contribution in [0.15, 0.2) is 24.5 Å². The van der Waals surface area contributed by atoms with Crippen LogP contribution < -0.4 is 5.73 Å². The van der Waals surface area contributed by atoms with Crippen molar-refractivity contribution in [2.75, 3.05) is 12.8 Å². The largest absolute Gasteiger partial charge is 0.465 e. The first-order valence-electron chi connectivity index (χ1n) is 8.09. The molecule has 23 heavy (non-hydrogen) atoms. The second-order valence-electron chi connectivity index (χ2n) is 5.74. The molecular weight excluding hydrogens is 290 g/mol. The lowest BCUT2D eigenvalue weighted by Crippen LogP contribution is -2.09. The summed E-state index contributed by atoms with van der Waals surface area (Å²) in [7, 11) is 1.37. The fourth-order valence-corrected chi connectivity index (χ4v) is 2.70. The molecule has 0 aliphatic carbocycles. The molecule has 5 nitrogen and oxygen atoms in total. The first-order chi connectivity index (χ1) is 11.1. The summed E-state index contributed by atoms with van der Waals surface area (Å²) in [6, 6.07) is 3.59. The molecule has 0 aliphatic rings. The van der Waals surface area contributed by atoms with Gasteiger partial charge in [0.2, 0.25) is 0 Å². The maximum atomic E-state index is 11.8. The molecule has 0 aliphatic heterocycles. The predicted octanol–water partition coefficient (Wildman–Crippen LogP) is 3.67. The number of imidazole rings is 1. The highest BCUT2D eigenvalue weighted by Crippen LogP contribution is 2.24. The summed E-state index contributed by atoms with van der Waals surface area (Å²) in [4.78, 5) is 16.2. The van der Waals surface area contributed by atoms with E-state index >= 15 is 0 Å². The zero-order valence-corrected chi connectivity index (χ0v) is 14.1.